The summed E-state index contributed by atoms with van der Waals surface area (Å²) < 4.78 is 0. The summed E-state index contributed by atoms with van der Waals surface area (Å²) in [6.07, 6.45) is 1.05. The average Bonchev–Trinajstić information content (AvgIpc) is 2.55. The molecule has 0 aliphatic rings. The summed E-state index contributed by atoms with van der Waals surface area (Å²) in [5.41, 5.74) is 3.52. The highest BCUT2D eigenvalue weighted by Gasteiger charge is 2.04. The van der Waals surface area contributed by atoms with Gasteiger partial charge in [-0.3, -0.25) is 14.9 Å². The van der Waals surface area contributed by atoms with Gasteiger partial charge in [0.2, 0.25) is 0 Å². The number of hydrogen-bond donors (Lipinski definition) is 1. The predicted molar refractivity (Wildman–Crippen MR) is 90.9 cm³/mol. The molecule has 7 nitrogen and oxygen atoms in total. The Balaban J connectivity index is 1.83. The first-order valence-corrected chi connectivity index (χ1v) is 7.22. The molecule has 0 unspecified atom stereocenters. The first-order valence-electron chi connectivity index (χ1n) is 7.22. The lowest BCUT2D eigenvalue weighted by molar-refractivity contribution is -0.384. The van der Waals surface area contributed by atoms with Gasteiger partial charge in [-0.25, -0.2) is 0 Å². The molecule has 2 aromatic rings. The lowest BCUT2D eigenvalue weighted by Gasteiger charge is -2.06. The van der Waals surface area contributed by atoms with E-state index >= 15 is 0 Å². The van der Waals surface area contributed by atoms with Gasteiger partial charge in [-0.2, -0.15) is 0 Å². The van der Waals surface area contributed by atoms with Gasteiger partial charge >= 0.3 is 0 Å². The van der Waals surface area contributed by atoms with Crippen molar-refractivity contribution in [3.8, 4) is 0 Å². The molecule has 0 fully saturated rings. The van der Waals surface area contributed by atoms with Crippen LogP contribution in [0.3, 0.4) is 0 Å². The third-order valence-electron chi connectivity index (χ3n) is 3.26. The zero-order chi connectivity index (χ0) is 17.5. The van der Waals surface area contributed by atoms with Crippen LogP contribution in [0.2, 0.25) is 0 Å². The minimum atomic E-state index is -0.472. The fourth-order valence-electron chi connectivity index (χ4n) is 2.03. The van der Waals surface area contributed by atoms with Crippen LogP contribution < -0.4 is 5.32 Å². The molecule has 2 aromatic carbocycles. The van der Waals surface area contributed by atoms with Crippen LogP contribution in [0.4, 0.5) is 11.4 Å². The van der Waals surface area contributed by atoms with E-state index in [0.29, 0.717) is 11.3 Å². The summed E-state index contributed by atoms with van der Waals surface area (Å²) in [5, 5.41) is 16.9. The van der Waals surface area contributed by atoms with Crippen LogP contribution in [-0.2, 0) is 16.2 Å². The van der Waals surface area contributed by atoms with Crippen molar-refractivity contribution in [3.63, 3.8) is 0 Å². The van der Waals surface area contributed by atoms with Gasteiger partial charge in [-0.15, -0.1) is 0 Å². The van der Waals surface area contributed by atoms with E-state index in [2.05, 4.69) is 10.5 Å². The van der Waals surface area contributed by atoms with Crippen molar-refractivity contribution < 1.29 is 14.6 Å². The van der Waals surface area contributed by atoms with Gasteiger partial charge in [-0.1, -0.05) is 22.9 Å². The molecule has 24 heavy (non-hydrogen) atoms. The number of nitro groups is 1. The number of carbonyl (C=O) groups is 1. The van der Waals surface area contributed by atoms with Crippen LogP contribution in [0.5, 0.6) is 0 Å². The van der Waals surface area contributed by atoms with Crippen LogP contribution in [0.15, 0.2) is 47.6 Å². The van der Waals surface area contributed by atoms with E-state index in [1.165, 1.54) is 12.1 Å². The fraction of sp³-hybridized carbons (Fsp3) is 0.176. The number of benzene rings is 2. The number of aryl methyl sites for hydroxylation is 2. The topological polar surface area (TPSA) is 93.8 Å². The summed E-state index contributed by atoms with van der Waals surface area (Å²) in [4.78, 5) is 26.9. The summed E-state index contributed by atoms with van der Waals surface area (Å²) in [7, 11) is 0. The maximum Gasteiger partial charge on any atom is 0.270 e. The zero-order valence-electron chi connectivity index (χ0n) is 13.4. The van der Waals surface area contributed by atoms with Gasteiger partial charge in [-0.05, 0) is 43.2 Å². The lowest BCUT2D eigenvalue weighted by atomic mass is 10.1. The Bertz CT molecular complexity index is 770. The lowest BCUT2D eigenvalue weighted by Crippen LogP contribution is -2.13. The molecule has 0 atom stereocenters. The fourth-order valence-corrected chi connectivity index (χ4v) is 2.03. The van der Waals surface area contributed by atoms with Crippen LogP contribution in [0, 0.1) is 24.0 Å². The Morgan fingerprint density at radius 3 is 2.58 bits per heavy atom. The standard InChI is InChI=1S/C17H17N3O4/c1-12-3-8-16(13(2)9-12)19-17(21)10-18-24-11-14-4-6-15(7-5-14)20(22)23/h3-10H,11H2,1-2H3,(H,19,21). The highest BCUT2D eigenvalue weighted by Crippen LogP contribution is 2.15. The highest BCUT2D eigenvalue weighted by molar-refractivity contribution is 6.31. The van der Waals surface area contributed by atoms with E-state index in [-0.39, 0.29) is 12.3 Å². The Labute approximate surface area is 139 Å². The quantitative estimate of drug-likeness (QED) is 0.500. The number of amides is 1. The minimum absolute atomic E-state index is 0.00935. The molecule has 0 aromatic heterocycles. The Morgan fingerprint density at radius 2 is 1.96 bits per heavy atom. The number of rotatable bonds is 6. The number of nitrogens with one attached hydrogen (secondary N) is 1. The molecule has 0 spiro atoms. The summed E-state index contributed by atoms with van der Waals surface area (Å²) >= 11 is 0. The van der Waals surface area contributed by atoms with Crippen molar-refractivity contribution in [3.05, 3.63) is 69.3 Å². The molecule has 1 N–H and O–H groups in total. The molecule has 0 heterocycles. The molecule has 0 saturated carbocycles. The van der Waals surface area contributed by atoms with E-state index in [1.54, 1.807) is 12.1 Å². The number of anilines is 1. The van der Waals surface area contributed by atoms with Crippen LogP contribution in [-0.4, -0.2) is 17.0 Å². The van der Waals surface area contributed by atoms with Crippen molar-refractivity contribution in [2.24, 2.45) is 5.16 Å². The van der Waals surface area contributed by atoms with Crippen molar-refractivity contribution in [2.75, 3.05) is 5.32 Å². The van der Waals surface area contributed by atoms with E-state index in [9.17, 15) is 14.9 Å². The summed E-state index contributed by atoms with van der Waals surface area (Å²) in [5.74, 6) is -0.398. The highest BCUT2D eigenvalue weighted by atomic mass is 16.6. The third-order valence-corrected chi connectivity index (χ3v) is 3.26. The van der Waals surface area contributed by atoms with Crippen molar-refractivity contribution in [1.82, 2.24) is 0 Å². The normalized spacial score (nSPS) is 10.6. The molecule has 7 heteroatoms. The maximum absolute atomic E-state index is 11.8. The van der Waals surface area contributed by atoms with Crippen LogP contribution in [0.1, 0.15) is 16.7 Å². The number of nitrogens with zero attached hydrogens (tertiary/aromatic N) is 2. The average molecular weight is 327 g/mol. The second-order valence-electron chi connectivity index (χ2n) is 5.24. The number of hydrogen-bond acceptors (Lipinski definition) is 5. The second kappa shape index (κ2) is 7.87. The molecule has 2 rings (SSSR count). The van der Waals surface area contributed by atoms with Crippen molar-refractivity contribution >= 4 is 23.5 Å². The van der Waals surface area contributed by atoms with Crippen molar-refractivity contribution in [1.29, 1.82) is 0 Å². The van der Waals surface area contributed by atoms with E-state index in [4.69, 9.17) is 4.84 Å². The molecule has 0 aliphatic carbocycles. The molecule has 1 amide bonds. The Morgan fingerprint density at radius 1 is 1.25 bits per heavy atom. The molecule has 0 radical (unpaired) electrons. The van der Waals surface area contributed by atoms with Gasteiger partial charge in [0.1, 0.15) is 12.8 Å². The molecule has 0 saturated heterocycles. The van der Waals surface area contributed by atoms with E-state index < -0.39 is 10.8 Å². The summed E-state index contributed by atoms with van der Waals surface area (Å²) in [6.45, 7) is 4.00. The molecular weight excluding hydrogens is 310 g/mol. The largest absolute Gasteiger partial charge is 0.391 e. The monoisotopic (exact) mass is 327 g/mol. The number of non-ortho nitro benzene ring substituents is 1. The van der Waals surface area contributed by atoms with Gasteiger partial charge in [0.05, 0.1) is 4.92 Å². The first-order chi connectivity index (χ1) is 11.5. The van der Waals surface area contributed by atoms with Crippen LogP contribution >= 0.6 is 0 Å². The maximum atomic E-state index is 11.8. The van der Waals surface area contributed by atoms with Crippen LogP contribution in [0.25, 0.3) is 0 Å². The Hall–Kier alpha value is -3.22. The number of nitro benzene ring substituents is 1. The van der Waals surface area contributed by atoms with E-state index in [1.807, 2.05) is 32.0 Å². The Kier molecular flexibility index (Phi) is 5.62. The molecule has 0 aliphatic heterocycles. The number of oxime groups is 1. The zero-order valence-corrected chi connectivity index (χ0v) is 13.4. The molecular formula is C17H17N3O4. The van der Waals surface area contributed by atoms with Gasteiger partial charge in [0.15, 0.2) is 0 Å². The SMILES string of the molecule is Cc1ccc(NC(=O)C=NOCc2ccc([N+](=O)[O-])cc2)c(C)c1. The van der Waals surface area contributed by atoms with Crippen molar-refractivity contribution in [2.45, 2.75) is 20.5 Å². The molecule has 0 bridgehead atoms. The van der Waals surface area contributed by atoms with Gasteiger partial charge < -0.3 is 10.2 Å². The molecule has 124 valence electrons. The van der Waals surface area contributed by atoms with E-state index in [0.717, 1.165) is 17.3 Å². The first kappa shape index (κ1) is 17.1. The van der Waals surface area contributed by atoms with Gasteiger partial charge in [0, 0.05) is 17.8 Å². The minimum Gasteiger partial charge on any atom is -0.391 e. The third kappa shape index (κ3) is 4.91. The predicted octanol–water partition coefficient (Wildman–Crippen LogP) is 3.35. The van der Waals surface area contributed by atoms with Gasteiger partial charge in [0.25, 0.3) is 11.6 Å². The number of carbonyl (C=O) groups excluding carboxylic acids is 1. The second-order valence-corrected chi connectivity index (χ2v) is 5.24. The summed E-state index contributed by atoms with van der Waals surface area (Å²) in [6, 6.07) is 11.6. The smallest absolute Gasteiger partial charge is 0.270 e.